The maximum Gasteiger partial charge on any atom is 0.338 e. The molecule has 2 rings (SSSR count). The van der Waals surface area contributed by atoms with Crippen molar-refractivity contribution >= 4 is 11.5 Å². The predicted octanol–water partition coefficient (Wildman–Crippen LogP) is 1.51. The molecule has 0 aromatic carbocycles. The van der Waals surface area contributed by atoms with E-state index in [4.69, 9.17) is 10.4 Å². The maximum atomic E-state index is 10.8. The molecule has 2 aromatic heterocycles. The Morgan fingerprint density at radius 2 is 2.29 bits per heavy atom. The fraction of sp³-hybridized carbons (Fsp3) is 0. The summed E-state index contributed by atoms with van der Waals surface area (Å²) in [5, 5.41) is 17.7. The third kappa shape index (κ3) is 1.04. The van der Waals surface area contributed by atoms with E-state index >= 15 is 0 Å². The molecule has 1 N–H and O–H groups in total. The van der Waals surface area contributed by atoms with Gasteiger partial charge in [-0.25, -0.2) is 4.79 Å². The molecule has 0 aliphatic heterocycles. The first-order valence-corrected chi connectivity index (χ1v) is 3.97. The summed E-state index contributed by atoms with van der Waals surface area (Å²) in [5.41, 5.74) is 0.865. The minimum atomic E-state index is -1.08. The highest BCUT2D eigenvalue weighted by atomic mass is 16.4. The quantitative estimate of drug-likeness (QED) is 0.734. The largest absolute Gasteiger partial charge is 0.478 e. The number of nitriles is 1. The van der Waals surface area contributed by atoms with Crippen molar-refractivity contribution in [1.29, 1.82) is 5.26 Å². The van der Waals surface area contributed by atoms with Gasteiger partial charge in [-0.2, -0.15) is 5.26 Å². The summed E-state index contributed by atoms with van der Waals surface area (Å²) in [6, 6.07) is 7.15. The van der Waals surface area contributed by atoms with Crippen LogP contribution in [0.15, 0.2) is 30.6 Å². The maximum absolute atomic E-state index is 10.8. The van der Waals surface area contributed by atoms with E-state index in [0.717, 1.165) is 0 Å². The summed E-state index contributed by atoms with van der Waals surface area (Å²) in [6.45, 7) is 0. The summed E-state index contributed by atoms with van der Waals surface area (Å²) in [6.07, 6.45) is 3.15. The monoisotopic (exact) mass is 186 g/mol. The molecule has 0 fully saturated rings. The van der Waals surface area contributed by atoms with Crippen LogP contribution < -0.4 is 0 Å². The van der Waals surface area contributed by atoms with E-state index in [9.17, 15) is 4.79 Å². The van der Waals surface area contributed by atoms with Crippen LogP contribution in [-0.2, 0) is 0 Å². The molecule has 0 spiro atoms. The standard InChI is InChI=1S/C10H6N2O2/c11-5-7-8(10(13)14)6-12-4-2-1-3-9(7)12/h1-4,6H,(H,13,14). The van der Waals surface area contributed by atoms with E-state index in [2.05, 4.69) is 0 Å². The van der Waals surface area contributed by atoms with Crippen molar-refractivity contribution in [3.63, 3.8) is 0 Å². The summed E-state index contributed by atoms with van der Waals surface area (Å²) in [5.74, 6) is -1.08. The number of carbonyl (C=O) groups is 1. The summed E-state index contributed by atoms with van der Waals surface area (Å²) >= 11 is 0. The Bertz CT molecular complexity index is 549. The molecule has 0 saturated heterocycles. The van der Waals surface area contributed by atoms with Crippen molar-refractivity contribution in [2.45, 2.75) is 0 Å². The third-order valence-electron chi connectivity index (χ3n) is 2.03. The first-order valence-electron chi connectivity index (χ1n) is 3.97. The van der Waals surface area contributed by atoms with Crippen LogP contribution in [0.25, 0.3) is 5.52 Å². The Morgan fingerprint density at radius 1 is 1.50 bits per heavy atom. The van der Waals surface area contributed by atoms with Gasteiger partial charge in [0, 0.05) is 12.4 Å². The van der Waals surface area contributed by atoms with E-state index in [0.29, 0.717) is 5.52 Å². The number of fused-ring (bicyclic) bond motifs is 1. The Balaban J connectivity index is 2.87. The highest BCUT2D eigenvalue weighted by molar-refractivity contribution is 5.94. The molecular weight excluding hydrogens is 180 g/mol. The van der Waals surface area contributed by atoms with Gasteiger partial charge in [-0.05, 0) is 12.1 Å². The number of hydrogen-bond acceptors (Lipinski definition) is 2. The van der Waals surface area contributed by atoms with Gasteiger partial charge in [0.2, 0.25) is 0 Å². The number of carboxylic acid groups (broad SMARTS) is 1. The number of nitrogens with zero attached hydrogens (tertiary/aromatic N) is 2. The molecule has 0 radical (unpaired) electrons. The van der Waals surface area contributed by atoms with E-state index in [1.807, 2.05) is 6.07 Å². The van der Waals surface area contributed by atoms with Gasteiger partial charge in [0.1, 0.15) is 6.07 Å². The van der Waals surface area contributed by atoms with Crippen LogP contribution in [-0.4, -0.2) is 15.5 Å². The number of carboxylic acids is 1. The normalized spacial score (nSPS) is 9.93. The van der Waals surface area contributed by atoms with Gasteiger partial charge < -0.3 is 9.51 Å². The van der Waals surface area contributed by atoms with Gasteiger partial charge in [0.05, 0.1) is 16.6 Å². The smallest absolute Gasteiger partial charge is 0.338 e. The topological polar surface area (TPSA) is 65.5 Å². The zero-order valence-electron chi connectivity index (χ0n) is 7.14. The first kappa shape index (κ1) is 8.32. The molecule has 4 nitrogen and oxygen atoms in total. The highest BCUT2D eigenvalue weighted by Crippen LogP contribution is 2.17. The molecule has 4 heteroatoms. The second-order valence-corrected chi connectivity index (χ2v) is 2.83. The van der Waals surface area contributed by atoms with Crippen LogP contribution in [0.2, 0.25) is 0 Å². The molecule has 0 aliphatic rings. The minimum absolute atomic E-state index is 0.0405. The number of pyridine rings is 1. The van der Waals surface area contributed by atoms with Crippen molar-refractivity contribution in [2.24, 2.45) is 0 Å². The lowest BCUT2D eigenvalue weighted by atomic mass is 10.2. The van der Waals surface area contributed by atoms with Gasteiger partial charge in [-0.15, -0.1) is 0 Å². The second kappa shape index (κ2) is 2.89. The highest BCUT2D eigenvalue weighted by Gasteiger charge is 2.14. The molecular formula is C10H6N2O2. The van der Waals surface area contributed by atoms with Crippen LogP contribution in [0.4, 0.5) is 0 Å². The van der Waals surface area contributed by atoms with Gasteiger partial charge >= 0.3 is 5.97 Å². The van der Waals surface area contributed by atoms with Crippen molar-refractivity contribution < 1.29 is 9.90 Å². The van der Waals surface area contributed by atoms with Gasteiger partial charge in [-0.3, -0.25) is 0 Å². The van der Waals surface area contributed by atoms with E-state index in [-0.39, 0.29) is 11.1 Å². The van der Waals surface area contributed by atoms with Crippen molar-refractivity contribution in [2.75, 3.05) is 0 Å². The summed E-state index contributed by atoms with van der Waals surface area (Å²) < 4.78 is 1.63. The third-order valence-corrected chi connectivity index (χ3v) is 2.03. The zero-order chi connectivity index (χ0) is 10.1. The van der Waals surface area contributed by atoms with Crippen molar-refractivity contribution in [1.82, 2.24) is 4.40 Å². The fourth-order valence-corrected chi connectivity index (χ4v) is 1.40. The molecule has 0 aliphatic carbocycles. The molecule has 0 saturated carbocycles. The Labute approximate surface area is 79.6 Å². The summed E-state index contributed by atoms with van der Waals surface area (Å²) in [7, 11) is 0. The van der Waals surface area contributed by atoms with Crippen LogP contribution in [0, 0.1) is 11.3 Å². The van der Waals surface area contributed by atoms with Crippen molar-refractivity contribution in [3.8, 4) is 6.07 Å². The van der Waals surface area contributed by atoms with Crippen LogP contribution in [0.5, 0.6) is 0 Å². The van der Waals surface area contributed by atoms with E-state index in [1.54, 1.807) is 28.8 Å². The van der Waals surface area contributed by atoms with Crippen LogP contribution >= 0.6 is 0 Å². The lowest BCUT2D eigenvalue weighted by Crippen LogP contribution is -1.95. The molecule has 68 valence electrons. The zero-order valence-corrected chi connectivity index (χ0v) is 7.14. The molecule has 0 amide bonds. The van der Waals surface area contributed by atoms with Gasteiger partial charge in [0.15, 0.2) is 0 Å². The molecule has 2 heterocycles. The Kier molecular flexibility index (Phi) is 1.72. The second-order valence-electron chi connectivity index (χ2n) is 2.83. The average molecular weight is 186 g/mol. The van der Waals surface area contributed by atoms with Crippen molar-refractivity contribution in [3.05, 3.63) is 41.7 Å². The van der Waals surface area contributed by atoms with Crippen LogP contribution in [0.1, 0.15) is 15.9 Å². The number of rotatable bonds is 1. The fourth-order valence-electron chi connectivity index (χ4n) is 1.40. The molecule has 0 bridgehead atoms. The minimum Gasteiger partial charge on any atom is -0.478 e. The summed E-state index contributed by atoms with van der Waals surface area (Å²) in [4.78, 5) is 10.8. The van der Waals surface area contributed by atoms with Crippen LogP contribution in [0.3, 0.4) is 0 Å². The van der Waals surface area contributed by atoms with E-state index < -0.39 is 5.97 Å². The Hall–Kier alpha value is -2.28. The SMILES string of the molecule is N#Cc1c(C(=O)O)cn2ccccc12. The lowest BCUT2D eigenvalue weighted by Gasteiger charge is -1.90. The molecule has 2 aromatic rings. The average Bonchev–Trinajstić information content (AvgIpc) is 2.56. The van der Waals surface area contributed by atoms with Gasteiger partial charge in [0.25, 0.3) is 0 Å². The predicted molar refractivity (Wildman–Crippen MR) is 49.1 cm³/mol. The van der Waals surface area contributed by atoms with Gasteiger partial charge in [-0.1, -0.05) is 6.07 Å². The first-order chi connectivity index (χ1) is 6.74. The Morgan fingerprint density at radius 3 is 2.93 bits per heavy atom. The number of aromatic carboxylic acids is 1. The molecule has 0 unspecified atom stereocenters. The number of aromatic nitrogens is 1. The van der Waals surface area contributed by atoms with E-state index in [1.165, 1.54) is 6.20 Å². The number of hydrogen-bond donors (Lipinski definition) is 1. The molecule has 14 heavy (non-hydrogen) atoms. The molecule has 0 atom stereocenters. The lowest BCUT2D eigenvalue weighted by molar-refractivity contribution is 0.0697.